The average molecular weight is 360 g/mol. The summed E-state index contributed by atoms with van der Waals surface area (Å²) < 4.78 is 14.6. The molecule has 0 bridgehead atoms. The first-order chi connectivity index (χ1) is 12.5. The normalized spacial score (nSPS) is 18.9. The van der Waals surface area contributed by atoms with Crippen LogP contribution in [0.15, 0.2) is 30.6 Å². The third kappa shape index (κ3) is 4.63. The van der Waals surface area contributed by atoms with Gasteiger partial charge in [-0.05, 0) is 40.5 Å². The van der Waals surface area contributed by atoms with Crippen LogP contribution in [0.5, 0.6) is 0 Å². The molecular weight excluding hydrogens is 335 g/mol. The van der Waals surface area contributed by atoms with Crippen LogP contribution < -0.4 is 0 Å². The molecule has 0 spiro atoms. The van der Waals surface area contributed by atoms with Crippen molar-refractivity contribution in [1.82, 2.24) is 30.0 Å². The van der Waals surface area contributed by atoms with Crippen LogP contribution in [-0.4, -0.2) is 61.6 Å². The van der Waals surface area contributed by atoms with Crippen LogP contribution in [0.2, 0.25) is 0 Å². The first kappa shape index (κ1) is 18.4. The molecule has 8 heteroatoms. The number of tetrazole rings is 1. The zero-order valence-electron chi connectivity index (χ0n) is 15.3. The van der Waals surface area contributed by atoms with Crippen molar-refractivity contribution in [3.05, 3.63) is 42.0 Å². The van der Waals surface area contributed by atoms with Crippen molar-refractivity contribution in [2.75, 3.05) is 19.6 Å². The van der Waals surface area contributed by atoms with Gasteiger partial charge in [-0.15, -0.1) is 5.10 Å². The van der Waals surface area contributed by atoms with Crippen molar-refractivity contribution in [3.8, 4) is 0 Å². The molecule has 1 aromatic carbocycles. The molecule has 2 aromatic rings. The van der Waals surface area contributed by atoms with Gasteiger partial charge in [-0.2, -0.15) is 0 Å². The summed E-state index contributed by atoms with van der Waals surface area (Å²) in [6.45, 7) is 7.60. The van der Waals surface area contributed by atoms with E-state index in [0.29, 0.717) is 12.5 Å². The highest BCUT2D eigenvalue weighted by atomic mass is 19.1. The Hall–Kier alpha value is -2.35. The summed E-state index contributed by atoms with van der Waals surface area (Å²) in [6, 6.07) is 6.91. The fourth-order valence-corrected chi connectivity index (χ4v) is 3.43. The molecule has 1 fully saturated rings. The maximum Gasteiger partial charge on any atom is 0.244 e. The highest BCUT2D eigenvalue weighted by Crippen LogP contribution is 2.20. The van der Waals surface area contributed by atoms with Gasteiger partial charge in [0.05, 0.1) is 0 Å². The predicted molar refractivity (Wildman–Crippen MR) is 94.5 cm³/mol. The molecule has 1 atom stereocenters. The molecular formula is C18H25FN6O. The van der Waals surface area contributed by atoms with Gasteiger partial charge >= 0.3 is 0 Å². The first-order valence-corrected chi connectivity index (χ1v) is 9.00. The zero-order chi connectivity index (χ0) is 18.5. The number of aromatic nitrogens is 4. The van der Waals surface area contributed by atoms with Gasteiger partial charge in [-0.3, -0.25) is 9.69 Å². The minimum Gasteiger partial charge on any atom is -0.339 e. The quantitative estimate of drug-likeness (QED) is 0.810. The van der Waals surface area contributed by atoms with Crippen molar-refractivity contribution in [2.45, 2.75) is 39.4 Å². The minimum absolute atomic E-state index is 0.0339. The number of hydrogen-bond acceptors (Lipinski definition) is 5. The average Bonchev–Trinajstić information content (AvgIpc) is 3.02. The van der Waals surface area contributed by atoms with E-state index in [1.807, 2.05) is 17.0 Å². The largest absolute Gasteiger partial charge is 0.339 e. The van der Waals surface area contributed by atoms with Crippen molar-refractivity contribution in [1.29, 1.82) is 0 Å². The molecule has 3 rings (SSSR count). The monoisotopic (exact) mass is 360 g/mol. The number of carbonyl (C=O) groups excluding carboxylic acids is 1. The first-order valence-electron chi connectivity index (χ1n) is 9.00. The van der Waals surface area contributed by atoms with Gasteiger partial charge in [0.1, 0.15) is 18.7 Å². The van der Waals surface area contributed by atoms with Gasteiger partial charge in [0, 0.05) is 32.2 Å². The Labute approximate surface area is 152 Å². The van der Waals surface area contributed by atoms with Gasteiger partial charge in [0.15, 0.2) is 0 Å². The van der Waals surface area contributed by atoms with Crippen molar-refractivity contribution in [3.63, 3.8) is 0 Å². The van der Waals surface area contributed by atoms with E-state index in [0.717, 1.165) is 31.6 Å². The number of hydrogen-bond donors (Lipinski definition) is 0. The SMILES string of the molecule is CC(C)[C@@H]1CN(C(=O)Cn2cnnn2)CCCN1Cc1ccc(F)cc1. The van der Waals surface area contributed by atoms with Crippen LogP contribution in [0.1, 0.15) is 25.8 Å². The summed E-state index contributed by atoms with van der Waals surface area (Å²) in [5.74, 6) is 0.216. The highest BCUT2D eigenvalue weighted by molar-refractivity contribution is 5.75. The number of halogens is 1. The van der Waals surface area contributed by atoms with E-state index >= 15 is 0 Å². The molecule has 0 N–H and O–H groups in total. The summed E-state index contributed by atoms with van der Waals surface area (Å²) in [4.78, 5) is 17.0. The molecule has 2 heterocycles. The second-order valence-corrected chi connectivity index (χ2v) is 7.11. The highest BCUT2D eigenvalue weighted by Gasteiger charge is 2.29. The van der Waals surface area contributed by atoms with Crippen molar-refractivity contribution >= 4 is 5.91 Å². The summed E-state index contributed by atoms with van der Waals surface area (Å²) in [5, 5.41) is 10.9. The van der Waals surface area contributed by atoms with Crippen LogP contribution >= 0.6 is 0 Å². The molecule has 7 nitrogen and oxygen atoms in total. The van der Waals surface area contributed by atoms with Crippen molar-refractivity contribution < 1.29 is 9.18 Å². The second-order valence-electron chi connectivity index (χ2n) is 7.11. The number of nitrogens with zero attached hydrogens (tertiary/aromatic N) is 6. The van der Waals surface area contributed by atoms with Crippen LogP contribution in [0, 0.1) is 11.7 Å². The lowest BCUT2D eigenvalue weighted by Crippen LogP contribution is -2.46. The molecule has 1 aromatic heterocycles. The van der Waals surface area contributed by atoms with Crippen molar-refractivity contribution in [2.24, 2.45) is 5.92 Å². The standard InChI is InChI=1S/C18H25FN6O/c1-14(2)17-11-24(18(26)12-25-13-20-21-22-25)9-3-8-23(17)10-15-4-6-16(19)7-5-15/h4-7,13-14,17H,3,8-12H2,1-2H3/t17-/m0/s1. The zero-order valence-corrected chi connectivity index (χ0v) is 15.3. The molecule has 0 aliphatic carbocycles. The smallest absolute Gasteiger partial charge is 0.244 e. The molecule has 140 valence electrons. The fraction of sp³-hybridized carbons (Fsp3) is 0.556. The lowest BCUT2D eigenvalue weighted by molar-refractivity contribution is -0.132. The van der Waals surface area contributed by atoms with E-state index < -0.39 is 0 Å². The lowest BCUT2D eigenvalue weighted by Gasteiger charge is -2.34. The summed E-state index contributed by atoms with van der Waals surface area (Å²) in [7, 11) is 0. The van der Waals surface area contributed by atoms with Crippen LogP contribution in [0.3, 0.4) is 0 Å². The maximum absolute atomic E-state index is 13.2. The van der Waals surface area contributed by atoms with Crippen LogP contribution in [0.4, 0.5) is 4.39 Å². The number of carbonyl (C=O) groups is 1. The number of benzene rings is 1. The molecule has 1 saturated heterocycles. The Kier molecular flexibility index (Phi) is 5.92. The fourth-order valence-electron chi connectivity index (χ4n) is 3.43. The Morgan fingerprint density at radius 3 is 2.69 bits per heavy atom. The lowest BCUT2D eigenvalue weighted by atomic mass is 10.0. The molecule has 0 radical (unpaired) electrons. The molecule has 26 heavy (non-hydrogen) atoms. The van der Waals surface area contributed by atoms with E-state index in [1.165, 1.54) is 23.1 Å². The Morgan fingerprint density at radius 1 is 1.27 bits per heavy atom. The van der Waals surface area contributed by atoms with E-state index in [1.54, 1.807) is 0 Å². The summed E-state index contributed by atoms with van der Waals surface area (Å²) >= 11 is 0. The third-order valence-electron chi connectivity index (χ3n) is 4.86. The van der Waals surface area contributed by atoms with Crippen LogP contribution in [-0.2, 0) is 17.9 Å². The minimum atomic E-state index is -0.218. The van der Waals surface area contributed by atoms with Gasteiger partial charge in [0.25, 0.3) is 0 Å². The van der Waals surface area contributed by atoms with Gasteiger partial charge < -0.3 is 4.90 Å². The molecule has 0 unspecified atom stereocenters. The molecule has 0 saturated carbocycles. The van der Waals surface area contributed by atoms with E-state index in [4.69, 9.17) is 0 Å². The van der Waals surface area contributed by atoms with Gasteiger partial charge in [-0.25, -0.2) is 9.07 Å². The summed E-state index contributed by atoms with van der Waals surface area (Å²) in [6.07, 6.45) is 2.36. The predicted octanol–water partition coefficient (Wildman–Crippen LogP) is 1.57. The molecule has 1 aliphatic heterocycles. The van der Waals surface area contributed by atoms with E-state index in [9.17, 15) is 9.18 Å². The second kappa shape index (κ2) is 8.35. The van der Waals surface area contributed by atoms with Gasteiger partial charge in [0.2, 0.25) is 5.91 Å². The van der Waals surface area contributed by atoms with E-state index in [2.05, 4.69) is 34.3 Å². The Morgan fingerprint density at radius 2 is 2.04 bits per heavy atom. The summed E-state index contributed by atoms with van der Waals surface area (Å²) in [5.41, 5.74) is 1.09. The molecule has 1 amide bonds. The van der Waals surface area contributed by atoms with E-state index in [-0.39, 0.29) is 24.3 Å². The Balaban J connectivity index is 1.68. The third-order valence-corrected chi connectivity index (χ3v) is 4.86. The van der Waals surface area contributed by atoms with Crippen LogP contribution in [0.25, 0.3) is 0 Å². The maximum atomic E-state index is 13.2. The number of amides is 1. The topological polar surface area (TPSA) is 67.2 Å². The molecule has 1 aliphatic rings. The number of rotatable bonds is 5. The van der Waals surface area contributed by atoms with Gasteiger partial charge in [-0.1, -0.05) is 26.0 Å². The Bertz CT molecular complexity index is 703.